The van der Waals surface area contributed by atoms with Crippen LogP contribution in [0.2, 0.25) is 0 Å². The van der Waals surface area contributed by atoms with E-state index in [9.17, 15) is 15.3 Å². The zero-order valence-electron chi connectivity index (χ0n) is 20.3. The SMILES string of the molecule is C=C1/C(=C\C=C2/CCC[C@]3(C)[C@@H]([C@H](C)/C=C/[C@H](C)C(C)(C)O)CC[C@@H]23)C[C@H](O)C[C@@H]1O. The molecule has 3 nitrogen and oxygen atoms in total. The third-order valence-electron chi connectivity index (χ3n) is 8.75. The van der Waals surface area contributed by atoms with E-state index < -0.39 is 17.8 Å². The second-order valence-electron chi connectivity index (χ2n) is 11.4. The summed E-state index contributed by atoms with van der Waals surface area (Å²) < 4.78 is 0. The van der Waals surface area contributed by atoms with Crippen molar-refractivity contribution in [2.45, 2.75) is 97.4 Å². The molecule has 7 atom stereocenters. The molecule has 3 saturated carbocycles. The molecule has 0 saturated heterocycles. The molecular formula is C28H44O3. The van der Waals surface area contributed by atoms with E-state index >= 15 is 0 Å². The molecule has 3 aliphatic carbocycles. The zero-order chi connectivity index (χ0) is 23.0. The van der Waals surface area contributed by atoms with Crippen molar-refractivity contribution in [3.05, 3.63) is 47.6 Å². The maximum absolute atomic E-state index is 10.3. The second-order valence-corrected chi connectivity index (χ2v) is 11.4. The summed E-state index contributed by atoms with van der Waals surface area (Å²) in [5.41, 5.74) is 2.93. The Morgan fingerprint density at radius 1 is 1.13 bits per heavy atom. The van der Waals surface area contributed by atoms with Gasteiger partial charge in [0.25, 0.3) is 0 Å². The quantitative estimate of drug-likeness (QED) is 0.490. The Bertz CT molecular complexity index is 753. The Hall–Kier alpha value is -1.16. The lowest BCUT2D eigenvalue weighted by molar-refractivity contribution is 0.0436. The van der Waals surface area contributed by atoms with E-state index in [1.165, 1.54) is 31.3 Å². The van der Waals surface area contributed by atoms with Gasteiger partial charge in [0.15, 0.2) is 0 Å². The molecule has 3 fully saturated rings. The summed E-state index contributed by atoms with van der Waals surface area (Å²) >= 11 is 0. The molecule has 0 aliphatic heterocycles. The van der Waals surface area contributed by atoms with Gasteiger partial charge < -0.3 is 15.3 Å². The van der Waals surface area contributed by atoms with Gasteiger partial charge in [-0.1, -0.05) is 57.2 Å². The van der Waals surface area contributed by atoms with Crippen molar-refractivity contribution in [2.24, 2.45) is 29.1 Å². The summed E-state index contributed by atoms with van der Waals surface area (Å²) in [5, 5.41) is 30.4. The minimum absolute atomic E-state index is 0.141. The van der Waals surface area contributed by atoms with Gasteiger partial charge in [0.05, 0.1) is 17.8 Å². The van der Waals surface area contributed by atoms with Crippen LogP contribution in [-0.4, -0.2) is 33.1 Å². The zero-order valence-corrected chi connectivity index (χ0v) is 20.3. The van der Waals surface area contributed by atoms with E-state index in [1.54, 1.807) is 0 Å². The van der Waals surface area contributed by atoms with E-state index in [-0.39, 0.29) is 5.92 Å². The number of aliphatic hydroxyl groups excluding tert-OH is 2. The van der Waals surface area contributed by atoms with Gasteiger partial charge in [-0.2, -0.15) is 0 Å². The van der Waals surface area contributed by atoms with Crippen LogP contribution in [0.15, 0.2) is 47.6 Å². The van der Waals surface area contributed by atoms with Crippen molar-refractivity contribution in [3.8, 4) is 0 Å². The summed E-state index contributed by atoms with van der Waals surface area (Å²) in [6, 6.07) is 0. The van der Waals surface area contributed by atoms with E-state index in [0.29, 0.717) is 36.0 Å². The average molecular weight is 429 g/mol. The molecule has 0 aromatic carbocycles. The molecule has 31 heavy (non-hydrogen) atoms. The van der Waals surface area contributed by atoms with Gasteiger partial charge >= 0.3 is 0 Å². The molecule has 3 aliphatic rings. The van der Waals surface area contributed by atoms with Crippen LogP contribution in [0.1, 0.15) is 79.6 Å². The van der Waals surface area contributed by atoms with Crippen LogP contribution in [0.4, 0.5) is 0 Å². The van der Waals surface area contributed by atoms with Gasteiger partial charge in [-0.3, -0.25) is 0 Å². The van der Waals surface area contributed by atoms with Crippen molar-refractivity contribution >= 4 is 0 Å². The fourth-order valence-corrected chi connectivity index (χ4v) is 6.32. The van der Waals surface area contributed by atoms with Crippen LogP contribution in [0.3, 0.4) is 0 Å². The predicted octanol–water partition coefficient (Wildman–Crippen LogP) is 5.73. The molecule has 0 heterocycles. The molecule has 0 spiro atoms. The first-order valence-corrected chi connectivity index (χ1v) is 12.3. The van der Waals surface area contributed by atoms with Gasteiger partial charge in [-0.15, -0.1) is 0 Å². The van der Waals surface area contributed by atoms with Crippen molar-refractivity contribution in [3.63, 3.8) is 0 Å². The van der Waals surface area contributed by atoms with E-state index in [1.807, 2.05) is 13.8 Å². The lowest BCUT2D eigenvalue weighted by Crippen LogP contribution is -2.35. The van der Waals surface area contributed by atoms with Gasteiger partial charge in [0.2, 0.25) is 0 Å². The molecule has 0 bridgehead atoms. The Morgan fingerprint density at radius 3 is 2.52 bits per heavy atom. The van der Waals surface area contributed by atoms with E-state index in [0.717, 1.165) is 17.6 Å². The lowest BCUT2D eigenvalue weighted by Gasteiger charge is -2.44. The monoisotopic (exact) mass is 428 g/mol. The van der Waals surface area contributed by atoms with Crippen LogP contribution < -0.4 is 0 Å². The molecule has 0 unspecified atom stereocenters. The summed E-state index contributed by atoms with van der Waals surface area (Å²) in [7, 11) is 0. The first-order chi connectivity index (χ1) is 14.4. The predicted molar refractivity (Wildman–Crippen MR) is 128 cm³/mol. The number of rotatable bonds is 5. The van der Waals surface area contributed by atoms with Gasteiger partial charge in [-0.05, 0) is 86.7 Å². The van der Waals surface area contributed by atoms with Crippen molar-refractivity contribution in [2.75, 3.05) is 0 Å². The Balaban J connectivity index is 1.76. The Morgan fingerprint density at radius 2 is 1.84 bits per heavy atom. The molecule has 0 radical (unpaired) electrons. The summed E-state index contributed by atoms with van der Waals surface area (Å²) in [5.74, 6) is 1.91. The number of hydrogen-bond acceptors (Lipinski definition) is 3. The van der Waals surface area contributed by atoms with Gasteiger partial charge in [-0.25, -0.2) is 0 Å². The topological polar surface area (TPSA) is 60.7 Å². The van der Waals surface area contributed by atoms with Crippen LogP contribution in [-0.2, 0) is 0 Å². The molecule has 0 aromatic heterocycles. The van der Waals surface area contributed by atoms with Gasteiger partial charge in [0, 0.05) is 12.3 Å². The van der Waals surface area contributed by atoms with Crippen molar-refractivity contribution < 1.29 is 15.3 Å². The molecule has 0 amide bonds. The summed E-state index contributed by atoms with van der Waals surface area (Å²) in [6.07, 6.45) is 15.0. The third-order valence-corrected chi connectivity index (χ3v) is 8.75. The summed E-state index contributed by atoms with van der Waals surface area (Å²) in [4.78, 5) is 0. The Kier molecular flexibility index (Phi) is 7.40. The molecule has 3 rings (SSSR count). The highest BCUT2D eigenvalue weighted by Gasteiger charge is 2.50. The molecule has 3 heteroatoms. The van der Waals surface area contributed by atoms with E-state index in [4.69, 9.17) is 0 Å². The first kappa shape index (κ1) is 24.5. The van der Waals surface area contributed by atoms with Crippen LogP contribution in [0, 0.1) is 29.1 Å². The fraction of sp³-hybridized carbons (Fsp3) is 0.714. The number of allylic oxidation sites excluding steroid dienone is 4. The van der Waals surface area contributed by atoms with Crippen LogP contribution in [0.5, 0.6) is 0 Å². The first-order valence-electron chi connectivity index (χ1n) is 12.3. The highest BCUT2D eigenvalue weighted by molar-refractivity contribution is 5.38. The molecule has 0 aromatic rings. The maximum atomic E-state index is 10.3. The fourth-order valence-electron chi connectivity index (χ4n) is 6.32. The van der Waals surface area contributed by atoms with Crippen molar-refractivity contribution in [1.29, 1.82) is 0 Å². The second kappa shape index (κ2) is 9.37. The highest BCUT2D eigenvalue weighted by atomic mass is 16.3. The normalized spacial score (nSPS) is 39.3. The lowest BCUT2D eigenvalue weighted by atomic mass is 9.61. The molecular weight excluding hydrogens is 384 g/mol. The molecule has 3 N–H and O–H groups in total. The summed E-state index contributed by atoms with van der Waals surface area (Å²) in [6.45, 7) is 14.7. The van der Waals surface area contributed by atoms with Gasteiger partial charge in [0.1, 0.15) is 0 Å². The third kappa shape index (κ3) is 5.26. The minimum Gasteiger partial charge on any atom is -0.393 e. The van der Waals surface area contributed by atoms with E-state index in [2.05, 4.69) is 51.7 Å². The Labute approximate surface area is 189 Å². The largest absolute Gasteiger partial charge is 0.393 e. The number of fused-ring (bicyclic) bond motifs is 1. The van der Waals surface area contributed by atoms with Crippen LogP contribution in [0.25, 0.3) is 0 Å². The number of aliphatic hydroxyl groups is 3. The minimum atomic E-state index is -0.684. The highest BCUT2D eigenvalue weighted by Crippen LogP contribution is 2.59. The number of hydrogen-bond donors (Lipinski definition) is 3. The average Bonchev–Trinajstić information content (AvgIpc) is 3.04. The standard InChI is InChI=1S/C28H44O3/c1-18(9-10-19(2)27(4,5)31)24-13-14-25-21(8-7-15-28(24,25)6)11-12-22-16-23(29)17-26(30)20(22)3/h9-12,18-19,23-26,29-31H,3,7-8,13-17H2,1-2,4-6H3/b10-9+,21-11+,22-12-/t18-,19+,23+,24-,25+,26+,28-/m1/s1. The maximum Gasteiger partial charge on any atom is 0.0811 e. The van der Waals surface area contributed by atoms with Crippen LogP contribution >= 0.6 is 0 Å². The smallest absolute Gasteiger partial charge is 0.0811 e. The van der Waals surface area contributed by atoms with Crippen molar-refractivity contribution in [1.82, 2.24) is 0 Å². The molecule has 174 valence electrons.